The van der Waals surface area contributed by atoms with Crippen LogP contribution in [0.1, 0.15) is 52.5 Å². The van der Waals surface area contributed by atoms with E-state index in [4.69, 9.17) is 10.7 Å². The SMILES string of the molecule is CC1(C)C2Cc3sc(-c4ccccc4CON)c(C(=O)O)c3C1C2. The van der Waals surface area contributed by atoms with Crippen LogP contribution in [-0.2, 0) is 17.9 Å². The number of hydrogen-bond donors (Lipinski definition) is 2. The second kappa shape index (κ2) is 5.41. The zero-order chi connectivity index (χ0) is 17.1. The van der Waals surface area contributed by atoms with E-state index in [0.717, 1.165) is 34.4 Å². The predicted octanol–water partition coefficient (Wildman–Crippen LogP) is 4.19. The molecule has 0 radical (unpaired) electrons. The van der Waals surface area contributed by atoms with Gasteiger partial charge in [-0.25, -0.2) is 10.7 Å². The Kier molecular flexibility index (Phi) is 3.56. The average Bonchev–Trinajstić information content (AvgIpc) is 2.94. The molecule has 1 fully saturated rings. The normalized spacial score (nSPS) is 23.5. The summed E-state index contributed by atoms with van der Waals surface area (Å²) in [7, 11) is 0. The topological polar surface area (TPSA) is 72.5 Å². The molecule has 0 aliphatic heterocycles. The van der Waals surface area contributed by atoms with E-state index >= 15 is 0 Å². The van der Waals surface area contributed by atoms with E-state index in [0.29, 0.717) is 17.4 Å². The van der Waals surface area contributed by atoms with Crippen LogP contribution in [0.15, 0.2) is 24.3 Å². The van der Waals surface area contributed by atoms with Gasteiger partial charge in [-0.15, -0.1) is 11.3 Å². The van der Waals surface area contributed by atoms with Crippen molar-refractivity contribution in [2.24, 2.45) is 17.2 Å². The molecular weight excluding hydrogens is 322 g/mol. The van der Waals surface area contributed by atoms with Gasteiger partial charge in [-0.3, -0.25) is 4.84 Å². The van der Waals surface area contributed by atoms with Gasteiger partial charge in [0.15, 0.2) is 0 Å². The van der Waals surface area contributed by atoms with Gasteiger partial charge in [0, 0.05) is 9.75 Å². The molecule has 5 rings (SSSR count). The van der Waals surface area contributed by atoms with E-state index in [9.17, 15) is 9.90 Å². The number of hydrogen-bond acceptors (Lipinski definition) is 4. The fourth-order valence-corrected chi connectivity index (χ4v) is 5.94. The number of benzene rings is 1. The van der Waals surface area contributed by atoms with Gasteiger partial charge in [0.2, 0.25) is 0 Å². The Morgan fingerprint density at radius 1 is 1.42 bits per heavy atom. The first kappa shape index (κ1) is 15.8. The molecule has 1 aromatic carbocycles. The summed E-state index contributed by atoms with van der Waals surface area (Å²) < 4.78 is 0. The zero-order valence-corrected chi connectivity index (χ0v) is 14.7. The van der Waals surface area contributed by atoms with Crippen molar-refractivity contribution < 1.29 is 14.7 Å². The third-order valence-corrected chi connectivity index (χ3v) is 7.25. The van der Waals surface area contributed by atoms with Crippen LogP contribution < -0.4 is 5.90 Å². The van der Waals surface area contributed by atoms with Crippen LogP contribution in [-0.4, -0.2) is 11.1 Å². The predicted molar refractivity (Wildman–Crippen MR) is 94.0 cm³/mol. The third kappa shape index (κ3) is 2.08. The highest BCUT2D eigenvalue weighted by atomic mass is 32.1. The van der Waals surface area contributed by atoms with Crippen molar-refractivity contribution in [1.82, 2.24) is 0 Å². The maximum Gasteiger partial charge on any atom is 0.337 e. The molecule has 2 atom stereocenters. The van der Waals surface area contributed by atoms with Gasteiger partial charge in [0.25, 0.3) is 0 Å². The molecule has 126 valence electrons. The number of carbonyl (C=O) groups is 1. The van der Waals surface area contributed by atoms with Gasteiger partial charge in [-0.1, -0.05) is 38.1 Å². The zero-order valence-electron chi connectivity index (χ0n) is 13.8. The lowest BCUT2D eigenvalue weighted by molar-refractivity contribution is 0.0191. The van der Waals surface area contributed by atoms with Gasteiger partial charge in [-0.2, -0.15) is 0 Å². The first-order valence-electron chi connectivity index (χ1n) is 8.24. The molecule has 1 saturated carbocycles. The van der Waals surface area contributed by atoms with E-state index in [1.54, 1.807) is 11.3 Å². The summed E-state index contributed by atoms with van der Waals surface area (Å²) in [5.41, 5.74) is 3.63. The number of nitrogens with two attached hydrogens (primary N) is 1. The van der Waals surface area contributed by atoms with Gasteiger partial charge >= 0.3 is 5.97 Å². The third-order valence-electron chi connectivity index (χ3n) is 5.99. The lowest BCUT2D eigenvalue weighted by atomic mass is 9.48. The van der Waals surface area contributed by atoms with Crippen molar-refractivity contribution in [2.45, 2.75) is 39.2 Å². The number of carboxylic acids is 1. The maximum atomic E-state index is 12.1. The fraction of sp³-hybridized carbons (Fsp3) is 0.421. The Morgan fingerprint density at radius 3 is 2.83 bits per heavy atom. The molecule has 4 nitrogen and oxygen atoms in total. The van der Waals surface area contributed by atoms with Crippen molar-refractivity contribution in [3.05, 3.63) is 45.8 Å². The molecule has 0 saturated heterocycles. The summed E-state index contributed by atoms with van der Waals surface area (Å²) in [6.07, 6.45) is 2.11. The van der Waals surface area contributed by atoms with E-state index in [1.807, 2.05) is 24.3 Å². The van der Waals surface area contributed by atoms with E-state index < -0.39 is 5.97 Å². The largest absolute Gasteiger partial charge is 0.478 e. The first-order chi connectivity index (χ1) is 11.4. The fourth-order valence-electron chi connectivity index (χ4n) is 4.45. The first-order valence-corrected chi connectivity index (χ1v) is 9.05. The van der Waals surface area contributed by atoms with Gasteiger partial charge in [0.1, 0.15) is 0 Å². The second-order valence-electron chi connectivity index (χ2n) is 7.43. The Morgan fingerprint density at radius 2 is 2.17 bits per heavy atom. The van der Waals surface area contributed by atoms with Crippen LogP contribution in [0, 0.1) is 11.3 Å². The molecule has 3 aliphatic carbocycles. The number of thiophene rings is 1. The summed E-state index contributed by atoms with van der Waals surface area (Å²) in [5.74, 6) is 5.46. The highest BCUT2D eigenvalue weighted by molar-refractivity contribution is 7.16. The summed E-state index contributed by atoms with van der Waals surface area (Å²) in [6, 6.07) is 7.76. The second-order valence-corrected chi connectivity index (χ2v) is 8.53. The molecule has 2 unspecified atom stereocenters. The van der Waals surface area contributed by atoms with E-state index in [1.165, 1.54) is 4.88 Å². The van der Waals surface area contributed by atoms with Gasteiger partial charge < -0.3 is 5.11 Å². The van der Waals surface area contributed by atoms with E-state index in [2.05, 4.69) is 13.8 Å². The van der Waals surface area contributed by atoms with Crippen molar-refractivity contribution in [2.75, 3.05) is 0 Å². The summed E-state index contributed by atoms with van der Waals surface area (Å²) in [5, 5.41) is 9.95. The highest BCUT2D eigenvalue weighted by Gasteiger charge is 2.54. The van der Waals surface area contributed by atoms with Crippen molar-refractivity contribution in [1.29, 1.82) is 0 Å². The lowest BCUT2D eigenvalue weighted by Crippen LogP contribution is -2.48. The lowest BCUT2D eigenvalue weighted by Gasteiger charge is -2.56. The number of rotatable bonds is 4. The molecule has 3 aliphatic rings. The van der Waals surface area contributed by atoms with Crippen LogP contribution >= 0.6 is 11.3 Å². The smallest absolute Gasteiger partial charge is 0.337 e. The molecule has 1 aromatic heterocycles. The van der Waals surface area contributed by atoms with Crippen LogP contribution in [0.4, 0.5) is 0 Å². The Hall–Kier alpha value is -1.69. The van der Waals surface area contributed by atoms with Crippen molar-refractivity contribution >= 4 is 17.3 Å². The molecule has 2 bridgehead atoms. The molecule has 0 spiro atoms. The molecule has 3 N–H and O–H groups in total. The highest BCUT2D eigenvalue weighted by Crippen LogP contribution is 2.65. The van der Waals surface area contributed by atoms with Crippen LogP contribution in [0.3, 0.4) is 0 Å². The molecule has 0 amide bonds. The number of aromatic carboxylic acids is 1. The molecule has 1 heterocycles. The summed E-state index contributed by atoms with van der Waals surface area (Å²) in [6.45, 7) is 4.82. The van der Waals surface area contributed by atoms with Gasteiger partial charge in [-0.05, 0) is 46.8 Å². The molecule has 24 heavy (non-hydrogen) atoms. The maximum absolute atomic E-state index is 12.1. The monoisotopic (exact) mass is 343 g/mol. The minimum Gasteiger partial charge on any atom is -0.478 e. The van der Waals surface area contributed by atoms with Crippen molar-refractivity contribution in [3.63, 3.8) is 0 Å². The average molecular weight is 343 g/mol. The van der Waals surface area contributed by atoms with E-state index in [-0.39, 0.29) is 12.0 Å². The summed E-state index contributed by atoms with van der Waals surface area (Å²) in [4.78, 5) is 19.0. The van der Waals surface area contributed by atoms with Crippen LogP contribution in [0.2, 0.25) is 0 Å². The van der Waals surface area contributed by atoms with Crippen molar-refractivity contribution in [3.8, 4) is 10.4 Å². The minimum atomic E-state index is -0.827. The van der Waals surface area contributed by atoms with Crippen LogP contribution in [0.25, 0.3) is 10.4 Å². The minimum absolute atomic E-state index is 0.204. The quantitative estimate of drug-likeness (QED) is 0.817. The number of carboxylic acid groups (broad SMARTS) is 1. The van der Waals surface area contributed by atoms with Crippen LogP contribution in [0.5, 0.6) is 0 Å². The molecular formula is C19H21NO3S. The molecule has 2 aromatic rings. The molecule has 5 heteroatoms. The Balaban J connectivity index is 1.92. The Labute approximate surface area is 145 Å². The van der Waals surface area contributed by atoms with Gasteiger partial charge in [0.05, 0.1) is 12.2 Å². The standard InChI is InChI=1S/C19H21NO3S/c1-19(2)11-7-13(19)15-14(8-11)24-17(16(15)18(21)22)12-6-4-3-5-10(12)9-23-20/h3-6,11,13H,7-9,20H2,1-2H3,(H,21,22). The summed E-state index contributed by atoms with van der Waals surface area (Å²) >= 11 is 1.64. The Bertz CT molecular complexity index is 824.